The number of hydrogen-bond donors (Lipinski definition) is 2. The largest absolute Gasteiger partial charge is 0.508 e. The SMILES string of the molecule is NC(=O)N(CCc1ccncc1)c1ccc(-c2ccc(O)cc2)s1. The van der Waals surface area contributed by atoms with Crippen LogP contribution in [0, 0.1) is 0 Å². The Hall–Kier alpha value is -2.86. The lowest BCUT2D eigenvalue weighted by Crippen LogP contribution is -2.36. The van der Waals surface area contributed by atoms with E-state index < -0.39 is 6.03 Å². The zero-order valence-corrected chi connectivity index (χ0v) is 13.7. The second-order valence-electron chi connectivity index (χ2n) is 5.28. The Labute approximate surface area is 144 Å². The van der Waals surface area contributed by atoms with Crippen LogP contribution >= 0.6 is 11.3 Å². The second kappa shape index (κ2) is 7.14. The molecule has 1 aromatic carbocycles. The number of carbonyl (C=O) groups is 1. The van der Waals surface area contributed by atoms with Gasteiger partial charge in [0.15, 0.2) is 0 Å². The highest BCUT2D eigenvalue weighted by molar-refractivity contribution is 7.19. The van der Waals surface area contributed by atoms with Gasteiger partial charge in [-0.15, -0.1) is 11.3 Å². The predicted molar refractivity (Wildman–Crippen MR) is 96.3 cm³/mol. The zero-order chi connectivity index (χ0) is 16.9. The van der Waals surface area contributed by atoms with Gasteiger partial charge in [-0.2, -0.15) is 0 Å². The van der Waals surface area contributed by atoms with Crippen molar-refractivity contribution in [3.8, 4) is 16.2 Å². The van der Waals surface area contributed by atoms with Gasteiger partial charge in [0.2, 0.25) is 0 Å². The Kier molecular flexibility index (Phi) is 4.77. The molecule has 5 nitrogen and oxygen atoms in total. The number of carbonyl (C=O) groups excluding carboxylic acids is 1. The maximum atomic E-state index is 11.8. The minimum absolute atomic E-state index is 0.228. The van der Waals surface area contributed by atoms with E-state index in [1.165, 1.54) is 11.3 Å². The summed E-state index contributed by atoms with van der Waals surface area (Å²) in [6, 6.07) is 14.2. The fourth-order valence-corrected chi connectivity index (χ4v) is 3.42. The van der Waals surface area contributed by atoms with Crippen molar-refractivity contribution in [2.45, 2.75) is 6.42 Å². The van der Waals surface area contributed by atoms with Crippen LogP contribution in [0.1, 0.15) is 5.56 Å². The van der Waals surface area contributed by atoms with Gasteiger partial charge in [-0.25, -0.2) is 4.79 Å². The van der Waals surface area contributed by atoms with Crippen molar-refractivity contribution in [1.29, 1.82) is 0 Å². The van der Waals surface area contributed by atoms with Gasteiger partial charge in [-0.1, -0.05) is 0 Å². The molecule has 0 atom stereocenters. The van der Waals surface area contributed by atoms with E-state index in [4.69, 9.17) is 5.73 Å². The third kappa shape index (κ3) is 3.72. The van der Waals surface area contributed by atoms with Gasteiger partial charge >= 0.3 is 6.03 Å². The highest BCUT2D eigenvalue weighted by Gasteiger charge is 2.15. The van der Waals surface area contributed by atoms with Crippen molar-refractivity contribution in [2.24, 2.45) is 5.73 Å². The number of nitrogens with zero attached hydrogens (tertiary/aromatic N) is 2. The first-order chi connectivity index (χ1) is 11.6. The Morgan fingerprint density at radius 2 is 1.79 bits per heavy atom. The molecule has 3 N–H and O–H groups in total. The Morgan fingerprint density at radius 1 is 1.08 bits per heavy atom. The topological polar surface area (TPSA) is 79.5 Å². The number of phenolic OH excluding ortho intramolecular Hbond substituents is 1. The third-order valence-electron chi connectivity index (χ3n) is 3.65. The van der Waals surface area contributed by atoms with Crippen LogP contribution in [0.25, 0.3) is 10.4 Å². The minimum atomic E-state index is -0.469. The fraction of sp³-hybridized carbons (Fsp3) is 0.111. The highest BCUT2D eigenvalue weighted by atomic mass is 32.1. The van der Waals surface area contributed by atoms with E-state index >= 15 is 0 Å². The number of thiophene rings is 1. The number of urea groups is 1. The molecule has 3 aromatic rings. The van der Waals surface area contributed by atoms with Gasteiger partial charge in [0.25, 0.3) is 0 Å². The summed E-state index contributed by atoms with van der Waals surface area (Å²) in [5, 5.41) is 10.2. The maximum absolute atomic E-state index is 11.8. The van der Waals surface area contributed by atoms with E-state index in [2.05, 4.69) is 4.98 Å². The average Bonchev–Trinajstić information content (AvgIpc) is 3.06. The first-order valence-electron chi connectivity index (χ1n) is 7.48. The lowest BCUT2D eigenvalue weighted by Gasteiger charge is -2.18. The number of nitrogens with two attached hydrogens (primary N) is 1. The minimum Gasteiger partial charge on any atom is -0.508 e. The molecule has 2 amide bonds. The van der Waals surface area contributed by atoms with Crippen molar-refractivity contribution in [1.82, 2.24) is 4.98 Å². The summed E-state index contributed by atoms with van der Waals surface area (Å²) < 4.78 is 0. The van der Waals surface area contributed by atoms with E-state index in [1.54, 1.807) is 29.4 Å². The summed E-state index contributed by atoms with van der Waals surface area (Å²) >= 11 is 1.49. The van der Waals surface area contributed by atoms with E-state index in [9.17, 15) is 9.90 Å². The Balaban J connectivity index is 1.77. The van der Waals surface area contributed by atoms with Crippen molar-refractivity contribution in [2.75, 3.05) is 11.4 Å². The molecule has 24 heavy (non-hydrogen) atoms. The summed E-state index contributed by atoms with van der Waals surface area (Å²) in [7, 11) is 0. The van der Waals surface area contributed by atoms with Gasteiger partial charge in [0, 0.05) is 23.8 Å². The van der Waals surface area contributed by atoms with E-state index in [1.807, 2.05) is 36.4 Å². The smallest absolute Gasteiger partial charge is 0.319 e. The summed E-state index contributed by atoms with van der Waals surface area (Å²) in [4.78, 5) is 18.4. The lowest BCUT2D eigenvalue weighted by molar-refractivity contribution is 0.254. The van der Waals surface area contributed by atoms with Crippen LogP contribution in [-0.4, -0.2) is 22.7 Å². The maximum Gasteiger partial charge on any atom is 0.319 e. The number of benzene rings is 1. The first-order valence-corrected chi connectivity index (χ1v) is 8.30. The number of hydrogen-bond acceptors (Lipinski definition) is 4. The molecule has 0 bridgehead atoms. The van der Waals surface area contributed by atoms with Crippen LogP contribution in [0.5, 0.6) is 5.75 Å². The van der Waals surface area contributed by atoms with Crippen molar-refractivity contribution in [3.63, 3.8) is 0 Å². The molecule has 0 spiro atoms. The van der Waals surface area contributed by atoms with Gasteiger partial charge < -0.3 is 10.8 Å². The number of anilines is 1. The van der Waals surface area contributed by atoms with Crippen LogP contribution in [0.4, 0.5) is 9.80 Å². The molecule has 0 radical (unpaired) electrons. The van der Waals surface area contributed by atoms with Crippen molar-refractivity contribution < 1.29 is 9.90 Å². The third-order valence-corrected chi connectivity index (χ3v) is 4.81. The fourth-order valence-electron chi connectivity index (χ4n) is 2.37. The van der Waals surface area contributed by atoms with Gasteiger partial charge in [0.1, 0.15) is 5.75 Å². The normalized spacial score (nSPS) is 10.5. The van der Waals surface area contributed by atoms with Gasteiger partial charge in [0.05, 0.1) is 5.00 Å². The number of aromatic hydroxyl groups is 1. The standard InChI is InChI=1S/C18H17N3O2S/c19-18(23)21(12-9-13-7-10-20-11-8-13)17-6-5-16(24-17)14-1-3-15(22)4-2-14/h1-8,10-11,22H,9,12H2,(H2,19,23). The summed E-state index contributed by atoms with van der Waals surface area (Å²) in [5.74, 6) is 0.228. The number of rotatable bonds is 5. The van der Waals surface area contributed by atoms with Crippen molar-refractivity contribution >= 4 is 22.4 Å². The number of primary amides is 1. The second-order valence-corrected chi connectivity index (χ2v) is 6.34. The molecule has 0 aliphatic heterocycles. The molecule has 0 aliphatic rings. The van der Waals surface area contributed by atoms with Crippen LogP contribution in [0.3, 0.4) is 0 Å². The van der Waals surface area contributed by atoms with Crippen LogP contribution in [0.15, 0.2) is 60.9 Å². The molecule has 6 heteroatoms. The quantitative estimate of drug-likeness (QED) is 0.745. The lowest BCUT2D eigenvalue weighted by atomic mass is 10.2. The predicted octanol–water partition coefficient (Wildman–Crippen LogP) is 3.64. The Bertz CT molecular complexity index is 816. The molecule has 2 aromatic heterocycles. The summed E-state index contributed by atoms with van der Waals surface area (Å²) in [6.45, 7) is 0.509. The van der Waals surface area contributed by atoms with Crippen LogP contribution < -0.4 is 10.6 Å². The number of pyridine rings is 1. The summed E-state index contributed by atoms with van der Waals surface area (Å²) in [5.41, 5.74) is 7.64. The highest BCUT2D eigenvalue weighted by Crippen LogP contribution is 2.34. The molecular weight excluding hydrogens is 322 g/mol. The molecule has 2 heterocycles. The summed E-state index contributed by atoms with van der Waals surface area (Å²) in [6.07, 6.45) is 4.17. The average molecular weight is 339 g/mol. The molecule has 0 saturated carbocycles. The zero-order valence-electron chi connectivity index (χ0n) is 12.9. The number of amides is 2. The monoisotopic (exact) mass is 339 g/mol. The molecule has 0 unspecified atom stereocenters. The molecule has 0 fully saturated rings. The van der Waals surface area contributed by atoms with Gasteiger partial charge in [-0.3, -0.25) is 9.88 Å². The molecule has 122 valence electrons. The van der Waals surface area contributed by atoms with E-state index in [0.717, 1.165) is 21.0 Å². The number of phenols is 1. The molecule has 3 rings (SSSR count). The molecule has 0 aliphatic carbocycles. The van der Waals surface area contributed by atoms with Crippen molar-refractivity contribution in [3.05, 3.63) is 66.5 Å². The van der Waals surface area contributed by atoms with Crippen LogP contribution in [0.2, 0.25) is 0 Å². The van der Waals surface area contributed by atoms with E-state index in [0.29, 0.717) is 13.0 Å². The first kappa shape index (κ1) is 16.0. The van der Waals surface area contributed by atoms with E-state index in [-0.39, 0.29) is 5.75 Å². The number of aromatic nitrogens is 1. The molecule has 0 saturated heterocycles. The van der Waals surface area contributed by atoms with Gasteiger partial charge in [-0.05, 0) is 66.1 Å². The molecular formula is C18H17N3O2S. The van der Waals surface area contributed by atoms with Crippen LogP contribution in [-0.2, 0) is 6.42 Å². The Morgan fingerprint density at radius 3 is 2.46 bits per heavy atom.